The molecule has 0 saturated heterocycles. The Morgan fingerprint density at radius 1 is 1.19 bits per heavy atom. The molecule has 0 fully saturated rings. The van der Waals surface area contributed by atoms with Crippen molar-refractivity contribution in [1.82, 2.24) is 10.2 Å². The maximum atomic E-state index is 12.6. The van der Waals surface area contributed by atoms with E-state index >= 15 is 0 Å². The molecular formula is C10H20F4N2. The molecule has 16 heavy (non-hydrogen) atoms. The summed E-state index contributed by atoms with van der Waals surface area (Å²) in [7, 11) is 0. The van der Waals surface area contributed by atoms with Crippen molar-refractivity contribution >= 4 is 0 Å². The standard InChI is InChI=1S/C10H20F4N2/c1-4-16(5-2)6-8(3)15-7-10(13,14)9(11)12/h8-9,15H,4-7H2,1-3H3. The molecule has 0 saturated carbocycles. The fourth-order valence-electron chi connectivity index (χ4n) is 1.32. The Balaban J connectivity index is 3.93. The molecule has 0 radical (unpaired) electrons. The number of nitrogens with one attached hydrogen (secondary N) is 1. The Morgan fingerprint density at radius 2 is 1.69 bits per heavy atom. The minimum absolute atomic E-state index is 0.232. The Kier molecular flexibility index (Phi) is 6.90. The van der Waals surface area contributed by atoms with Crippen molar-refractivity contribution in [1.29, 1.82) is 0 Å². The Morgan fingerprint density at radius 3 is 2.06 bits per heavy atom. The molecule has 0 aromatic carbocycles. The number of alkyl halides is 4. The first-order valence-corrected chi connectivity index (χ1v) is 5.45. The van der Waals surface area contributed by atoms with Crippen LogP contribution in [-0.4, -0.2) is 49.5 Å². The van der Waals surface area contributed by atoms with Gasteiger partial charge in [-0.25, -0.2) is 8.78 Å². The van der Waals surface area contributed by atoms with Gasteiger partial charge in [0.15, 0.2) is 0 Å². The molecule has 0 aliphatic heterocycles. The highest BCUT2D eigenvalue weighted by atomic mass is 19.3. The molecule has 1 unspecified atom stereocenters. The topological polar surface area (TPSA) is 15.3 Å². The van der Waals surface area contributed by atoms with E-state index in [0.29, 0.717) is 6.54 Å². The second-order valence-electron chi connectivity index (χ2n) is 3.83. The Hall–Kier alpha value is -0.360. The van der Waals surface area contributed by atoms with Crippen molar-refractivity contribution in [2.24, 2.45) is 0 Å². The second-order valence-corrected chi connectivity index (χ2v) is 3.83. The van der Waals surface area contributed by atoms with Gasteiger partial charge in [0, 0.05) is 12.6 Å². The molecule has 0 aromatic rings. The van der Waals surface area contributed by atoms with Crippen molar-refractivity contribution in [3.05, 3.63) is 0 Å². The van der Waals surface area contributed by atoms with Crippen molar-refractivity contribution in [2.45, 2.75) is 39.2 Å². The normalized spacial score (nSPS) is 14.8. The molecule has 0 aromatic heterocycles. The third-order valence-corrected chi connectivity index (χ3v) is 2.43. The molecule has 0 rings (SSSR count). The van der Waals surface area contributed by atoms with Gasteiger partial charge in [0.25, 0.3) is 0 Å². The molecule has 0 spiro atoms. The third kappa shape index (κ3) is 5.65. The number of rotatable bonds is 8. The number of halogens is 4. The molecule has 98 valence electrons. The largest absolute Gasteiger partial charge is 0.319 e. The number of likely N-dealkylation sites (N-methyl/N-ethyl adjacent to an activating group) is 1. The molecular weight excluding hydrogens is 224 g/mol. The summed E-state index contributed by atoms with van der Waals surface area (Å²) in [4.78, 5) is 2.04. The lowest BCUT2D eigenvalue weighted by molar-refractivity contribution is -0.126. The van der Waals surface area contributed by atoms with E-state index in [1.165, 1.54) is 0 Å². The molecule has 0 bridgehead atoms. The quantitative estimate of drug-likeness (QED) is 0.658. The summed E-state index contributed by atoms with van der Waals surface area (Å²) in [6.07, 6.45) is -3.61. The summed E-state index contributed by atoms with van der Waals surface area (Å²) >= 11 is 0. The van der Waals surface area contributed by atoms with Crippen molar-refractivity contribution in [3.8, 4) is 0 Å². The molecule has 6 heteroatoms. The number of hydrogen-bond acceptors (Lipinski definition) is 2. The van der Waals surface area contributed by atoms with E-state index < -0.39 is 18.9 Å². The van der Waals surface area contributed by atoms with Crippen LogP contribution in [0.1, 0.15) is 20.8 Å². The van der Waals surface area contributed by atoms with Crippen LogP contribution in [0.5, 0.6) is 0 Å². The van der Waals surface area contributed by atoms with Gasteiger partial charge in [-0.2, -0.15) is 8.78 Å². The van der Waals surface area contributed by atoms with Crippen LogP contribution >= 0.6 is 0 Å². The summed E-state index contributed by atoms with van der Waals surface area (Å²) in [5.41, 5.74) is 0. The highest BCUT2D eigenvalue weighted by Gasteiger charge is 2.40. The van der Waals surface area contributed by atoms with Gasteiger partial charge in [-0.05, 0) is 20.0 Å². The van der Waals surface area contributed by atoms with Crippen LogP contribution in [0.3, 0.4) is 0 Å². The molecule has 1 atom stereocenters. The molecule has 1 N–H and O–H groups in total. The minimum atomic E-state index is -3.95. The first-order chi connectivity index (χ1) is 7.33. The highest BCUT2D eigenvalue weighted by molar-refractivity contribution is 4.76. The first-order valence-electron chi connectivity index (χ1n) is 5.45. The maximum Gasteiger partial charge on any atom is 0.319 e. The minimum Gasteiger partial charge on any atom is -0.307 e. The molecule has 0 heterocycles. The molecule has 0 amide bonds. The summed E-state index contributed by atoms with van der Waals surface area (Å²) in [5.74, 6) is -3.95. The lowest BCUT2D eigenvalue weighted by Crippen LogP contribution is -2.46. The fraction of sp³-hybridized carbons (Fsp3) is 1.00. The second kappa shape index (κ2) is 7.06. The Labute approximate surface area is 94.0 Å². The van der Waals surface area contributed by atoms with Gasteiger partial charge in [0.1, 0.15) is 0 Å². The van der Waals surface area contributed by atoms with E-state index in [1.807, 2.05) is 18.7 Å². The van der Waals surface area contributed by atoms with Crippen LogP contribution in [0.4, 0.5) is 17.6 Å². The van der Waals surface area contributed by atoms with Crippen LogP contribution in [0.2, 0.25) is 0 Å². The van der Waals surface area contributed by atoms with Gasteiger partial charge in [-0.3, -0.25) is 0 Å². The Bertz CT molecular complexity index is 184. The highest BCUT2D eigenvalue weighted by Crippen LogP contribution is 2.21. The molecule has 0 aliphatic rings. The third-order valence-electron chi connectivity index (χ3n) is 2.43. The predicted molar refractivity (Wildman–Crippen MR) is 56.2 cm³/mol. The smallest absolute Gasteiger partial charge is 0.307 e. The van der Waals surface area contributed by atoms with Gasteiger partial charge < -0.3 is 10.2 Å². The molecule has 0 aliphatic carbocycles. The summed E-state index contributed by atoms with van der Waals surface area (Å²) in [6.45, 7) is 6.86. The number of hydrogen-bond donors (Lipinski definition) is 1. The van der Waals surface area contributed by atoms with Crippen molar-refractivity contribution < 1.29 is 17.6 Å². The summed E-state index contributed by atoms with van der Waals surface area (Å²) < 4.78 is 48.9. The average Bonchev–Trinajstić information content (AvgIpc) is 2.23. The van der Waals surface area contributed by atoms with E-state index in [1.54, 1.807) is 6.92 Å². The summed E-state index contributed by atoms with van der Waals surface area (Å²) in [5, 5.41) is 2.43. The molecule has 2 nitrogen and oxygen atoms in total. The van der Waals surface area contributed by atoms with Crippen LogP contribution in [0, 0.1) is 0 Å². The number of nitrogens with zero attached hydrogens (tertiary/aromatic N) is 1. The van der Waals surface area contributed by atoms with E-state index in [4.69, 9.17) is 0 Å². The van der Waals surface area contributed by atoms with E-state index in [-0.39, 0.29) is 6.04 Å². The zero-order chi connectivity index (χ0) is 12.8. The van der Waals surface area contributed by atoms with Gasteiger partial charge in [-0.1, -0.05) is 13.8 Å². The van der Waals surface area contributed by atoms with Crippen LogP contribution < -0.4 is 5.32 Å². The lowest BCUT2D eigenvalue weighted by atomic mass is 10.2. The zero-order valence-electron chi connectivity index (χ0n) is 9.94. The van der Waals surface area contributed by atoms with Crippen molar-refractivity contribution in [3.63, 3.8) is 0 Å². The van der Waals surface area contributed by atoms with Gasteiger partial charge in [0.2, 0.25) is 0 Å². The zero-order valence-corrected chi connectivity index (χ0v) is 9.94. The lowest BCUT2D eigenvalue weighted by Gasteiger charge is -2.25. The first kappa shape index (κ1) is 15.6. The van der Waals surface area contributed by atoms with Gasteiger partial charge >= 0.3 is 12.3 Å². The average molecular weight is 244 g/mol. The van der Waals surface area contributed by atoms with E-state index in [0.717, 1.165) is 13.1 Å². The monoisotopic (exact) mass is 244 g/mol. The SMILES string of the molecule is CCN(CC)CC(C)NCC(F)(F)C(F)F. The van der Waals surface area contributed by atoms with Crippen molar-refractivity contribution in [2.75, 3.05) is 26.2 Å². The van der Waals surface area contributed by atoms with Gasteiger partial charge in [-0.15, -0.1) is 0 Å². The summed E-state index contributed by atoms with van der Waals surface area (Å²) in [6, 6.07) is -0.232. The fourth-order valence-corrected chi connectivity index (χ4v) is 1.32. The van der Waals surface area contributed by atoms with Crippen LogP contribution in [-0.2, 0) is 0 Å². The van der Waals surface area contributed by atoms with Crippen LogP contribution in [0.15, 0.2) is 0 Å². The van der Waals surface area contributed by atoms with E-state index in [9.17, 15) is 17.6 Å². The van der Waals surface area contributed by atoms with Crippen LogP contribution in [0.25, 0.3) is 0 Å². The van der Waals surface area contributed by atoms with Gasteiger partial charge in [0.05, 0.1) is 6.54 Å². The maximum absolute atomic E-state index is 12.6. The van der Waals surface area contributed by atoms with E-state index in [2.05, 4.69) is 5.32 Å². The predicted octanol–water partition coefficient (Wildman–Crippen LogP) is 2.21.